The minimum atomic E-state index is -3.97. The maximum Gasteiger partial charge on any atom is 0.270 e. The van der Waals surface area contributed by atoms with E-state index < -0.39 is 20.9 Å². The molecule has 1 heterocycles. The van der Waals surface area contributed by atoms with Crippen LogP contribution in [0, 0.1) is 10.1 Å². The van der Waals surface area contributed by atoms with Crippen molar-refractivity contribution in [3.8, 4) is 0 Å². The molecule has 0 saturated heterocycles. The fourth-order valence-electron chi connectivity index (χ4n) is 2.53. The molecule has 0 aliphatic rings. The van der Waals surface area contributed by atoms with Crippen LogP contribution in [0.2, 0.25) is 10.0 Å². The fourth-order valence-corrected chi connectivity index (χ4v) is 5.53. The number of thiazole rings is 1. The highest BCUT2D eigenvalue weighted by atomic mass is 35.5. The molecular formula is C17H14Cl2N4O5S2. The number of rotatable bonds is 6. The maximum absolute atomic E-state index is 12.7. The molecule has 0 bridgehead atoms. The molecule has 13 heteroatoms. The summed E-state index contributed by atoms with van der Waals surface area (Å²) in [7, 11) is -3.97. The summed E-state index contributed by atoms with van der Waals surface area (Å²) >= 11 is 13.2. The molecule has 0 aliphatic carbocycles. The molecule has 0 unspecified atom stereocenters. The summed E-state index contributed by atoms with van der Waals surface area (Å²) in [6.45, 7) is 3.29. The number of fused-ring (bicyclic) bond motifs is 1. The third-order valence-electron chi connectivity index (χ3n) is 3.75. The van der Waals surface area contributed by atoms with E-state index in [2.05, 4.69) is 15.0 Å². The van der Waals surface area contributed by atoms with E-state index in [1.54, 1.807) is 13.8 Å². The van der Waals surface area contributed by atoms with E-state index in [1.807, 2.05) is 0 Å². The van der Waals surface area contributed by atoms with Crippen LogP contribution in [0.5, 0.6) is 0 Å². The zero-order chi connectivity index (χ0) is 22.2. The average Bonchev–Trinajstić information content (AvgIpc) is 3.01. The highest BCUT2D eigenvalue weighted by Gasteiger charge is 2.24. The van der Waals surface area contributed by atoms with Crippen LogP contribution in [0.1, 0.15) is 24.2 Å². The molecule has 1 amide bonds. The normalized spacial score (nSPS) is 11.8. The third kappa shape index (κ3) is 4.71. The van der Waals surface area contributed by atoms with Gasteiger partial charge in [0.05, 0.1) is 30.7 Å². The molecule has 158 valence electrons. The lowest BCUT2D eigenvalue weighted by atomic mass is 10.2. The molecule has 30 heavy (non-hydrogen) atoms. The predicted molar refractivity (Wildman–Crippen MR) is 116 cm³/mol. The van der Waals surface area contributed by atoms with Crippen LogP contribution in [-0.4, -0.2) is 30.3 Å². The fraction of sp³-hybridized carbons (Fsp3) is 0.176. The first-order valence-corrected chi connectivity index (χ1v) is 11.4. The minimum Gasteiger partial charge on any atom is -0.298 e. The van der Waals surface area contributed by atoms with Crippen molar-refractivity contribution in [2.24, 2.45) is 0 Å². The number of aromatic nitrogens is 1. The Labute approximate surface area is 185 Å². The van der Waals surface area contributed by atoms with Crippen LogP contribution in [0.25, 0.3) is 10.2 Å². The average molecular weight is 489 g/mol. The Kier molecular flexibility index (Phi) is 6.29. The molecule has 0 atom stereocenters. The highest BCUT2D eigenvalue weighted by molar-refractivity contribution is 7.89. The lowest BCUT2D eigenvalue weighted by molar-refractivity contribution is -0.384. The molecule has 0 spiro atoms. The molecule has 3 rings (SSSR count). The Morgan fingerprint density at radius 2 is 1.90 bits per heavy atom. The van der Waals surface area contributed by atoms with Crippen LogP contribution in [0.15, 0.2) is 35.2 Å². The Morgan fingerprint density at radius 1 is 1.20 bits per heavy atom. The Bertz CT molecular complexity index is 1270. The van der Waals surface area contributed by atoms with Crippen LogP contribution in [0.4, 0.5) is 10.8 Å². The summed E-state index contributed by atoms with van der Waals surface area (Å²) in [5.41, 5.74) is 0.250. The number of sulfonamides is 1. The van der Waals surface area contributed by atoms with Gasteiger partial charge in [-0.2, -0.15) is 0 Å². The summed E-state index contributed by atoms with van der Waals surface area (Å²) in [6, 6.07) is 6.00. The SMILES string of the molecule is CC(C)NS(=O)(=O)c1cc(C(=O)Nc2nc3ccc([N+](=O)[O-])cc3s2)c(Cl)cc1Cl. The van der Waals surface area contributed by atoms with Crippen molar-refractivity contribution in [3.05, 3.63) is 56.1 Å². The van der Waals surface area contributed by atoms with Gasteiger partial charge in [0.1, 0.15) is 4.90 Å². The zero-order valence-electron chi connectivity index (χ0n) is 15.5. The number of halogens is 2. The first-order valence-electron chi connectivity index (χ1n) is 8.35. The van der Waals surface area contributed by atoms with E-state index in [-0.39, 0.29) is 37.4 Å². The topological polar surface area (TPSA) is 131 Å². The summed E-state index contributed by atoms with van der Waals surface area (Å²) in [5, 5.41) is 13.4. The van der Waals surface area contributed by atoms with Gasteiger partial charge in [0.25, 0.3) is 11.6 Å². The first kappa shape index (κ1) is 22.4. The Balaban J connectivity index is 1.94. The number of nitrogens with zero attached hydrogens (tertiary/aromatic N) is 2. The van der Waals surface area contributed by atoms with Crippen LogP contribution in [0.3, 0.4) is 0 Å². The number of carbonyl (C=O) groups excluding carboxylic acids is 1. The lowest BCUT2D eigenvalue weighted by Gasteiger charge is -2.13. The smallest absolute Gasteiger partial charge is 0.270 e. The number of nitro groups is 1. The van der Waals surface area contributed by atoms with E-state index in [4.69, 9.17) is 23.2 Å². The molecule has 2 aromatic carbocycles. The largest absolute Gasteiger partial charge is 0.298 e. The summed E-state index contributed by atoms with van der Waals surface area (Å²) in [4.78, 5) is 27.0. The zero-order valence-corrected chi connectivity index (χ0v) is 18.6. The molecule has 2 N–H and O–H groups in total. The van der Waals surface area contributed by atoms with Crippen LogP contribution >= 0.6 is 34.5 Å². The summed E-state index contributed by atoms with van der Waals surface area (Å²) in [5.74, 6) is -0.703. The molecule has 0 fully saturated rings. The van der Waals surface area contributed by atoms with Gasteiger partial charge in [-0.1, -0.05) is 34.5 Å². The summed E-state index contributed by atoms with van der Waals surface area (Å²) in [6.07, 6.45) is 0. The van der Waals surface area contributed by atoms with Gasteiger partial charge >= 0.3 is 0 Å². The van der Waals surface area contributed by atoms with Gasteiger partial charge in [-0.25, -0.2) is 18.1 Å². The van der Waals surface area contributed by atoms with Gasteiger partial charge < -0.3 is 0 Å². The predicted octanol–water partition coefficient (Wildman–Crippen LogP) is 4.45. The van der Waals surface area contributed by atoms with Crippen molar-refractivity contribution in [3.63, 3.8) is 0 Å². The number of hydrogen-bond donors (Lipinski definition) is 2. The third-order valence-corrected chi connectivity index (χ3v) is 7.12. The van der Waals surface area contributed by atoms with Gasteiger partial charge in [-0.3, -0.25) is 20.2 Å². The number of carbonyl (C=O) groups is 1. The van der Waals surface area contributed by atoms with Crippen molar-refractivity contribution in [2.75, 3.05) is 5.32 Å². The van der Waals surface area contributed by atoms with E-state index >= 15 is 0 Å². The highest BCUT2D eigenvalue weighted by Crippen LogP contribution is 2.32. The molecule has 0 aliphatic heterocycles. The van der Waals surface area contributed by atoms with Gasteiger partial charge in [0.2, 0.25) is 10.0 Å². The monoisotopic (exact) mass is 488 g/mol. The van der Waals surface area contributed by atoms with E-state index in [0.29, 0.717) is 10.2 Å². The van der Waals surface area contributed by atoms with Crippen molar-refractivity contribution in [1.82, 2.24) is 9.71 Å². The van der Waals surface area contributed by atoms with Gasteiger partial charge in [0.15, 0.2) is 5.13 Å². The number of nitro benzene ring substituents is 1. The quantitative estimate of drug-likeness (QED) is 0.389. The Hall–Kier alpha value is -2.31. The molecule has 0 radical (unpaired) electrons. The van der Waals surface area contributed by atoms with Crippen molar-refractivity contribution < 1.29 is 18.1 Å². The van der Waals surface area contributed by atoms with Crippen LogP contribution < -0.4 is 10.0 Å². The van der Waals surface area contributed by atoms with E-state index in [1.165, 1.54) is 24.3 Å². The molecule has 1 aromatic heterocycles. The lowest BCUT2D eigenvalue weighted by Crippen LogP contribution is -2.30. The number of nitrogens with one attached hydrogen (secondary N) is 2. The van der Waals surface area contributed by atoms with Crippen molar-refractivity contribution >= 4 is 71.5 Å². The number of anilines is 1. The van der Waals surface area contributed by atoms with E-state index in [0.717, 1.165) is 17.4 Å². The Morgan fingerprint density at radius 3 is 2.53 bits per heavy atom. The van der Waals surface area contributed by atoms with Gasteiger partial charge in [-0.15, -0.1) is 0 Å². The number of non-ortho nitro benzene ring substituents is 1. The van der Waals surface area contributed by atoms with Crippen molar-refractivity contribution in [1.29, 1.82) is 0 Å². The first-order chi connectivity index (χ1) is 14.0. The molecular weight excluding hydrogens is 475 g/mol. The summed E-state index contributed by atoms with van der Waals surface area (Å²) < 4.78 is 27.9. The van der Waals surface area contributed by atoms with Gasteiger partial charge in [0, 0.05) is 18.2 Å². The number of hydrogen-bond acceptors (Lipinski definition) is 7. The van der Waals surface area contributed by atoms with E-state index in [9.17, 15) is 23.3 Å². The minimum absolute atomic E-state index is 0.0438. The van der Waals surface area contributed by atoms with Crippen LogP contribution in [-0.2, 0) is 10.0 Å². The molecule has 0 saturated carbocycles. The van der Waals surface area contributed by atoms with Crippen molar-refractivity contribution in [2.45, 2.75) is 24.8 Å². The maximum atomic E-state index is 12.7. The second kappa shape index (κ2) is 8.44. The molecule has 3 aromatic rings. The second-order valence-corrected chi connectivity index (χ2v) is 9.95. The van der Waals surface area contributed by atoms with Gasteiger partial charge in [-0.05, 0) is 32.0 Å². The standard InChI is InChI=1S/C17H14Cl2N4O5S2/c1-8(2)22-30(27,28)15-6-10(11(18)7-12(15)19)16(24)21-17-20-13-4-3-9(23(25)26)5-14(13)29-17/h3-8,22H,1-2H3,(H,20,21,24). The number of amides is 1. The number of benzene rings is 2. The molecule has 9 nitrogen and oxygen atoms in total. The second-order valence-electron chi connectivity index (χ2n) is 6.42.